The largest absolute Gasteiger partial charge is 0.379 e. The van der Waals surface area contributed by atoms with Crippen LogP contribution in [0.2, 0.25) is 5.02 Å². The van der Waals surface area contributed by atoms with Gasteiger partial charge in [0, 0.05) is 44.4 Å². The average molecular weight is 501 g/mol. The summed E-state index contributed by atoms with van der Waals surface area (Å²) in [6, 6.07) is 9.94. The van der Waals surface area contributed by atoms with E-state index in [-0.39, 0.29) is 11.6 Å². The van der Waals surface area contributed by atoms with Gasteiger partial charge in [-0.1, -0.05) is 41.1 Å². The van der Waals surface area contributed by atoms with Gasteiger partial charge in [-0.2, -0.15) is 0 Å². The molecule has 178 valence electrons. The Balaban J connectivity index is 1.57. The number of ether oxygens (including phenoxy) is 1. The molecule has 1 amide bonds. The van der Waals surface area contributed by atoms with Crippen molar-refractivity contribution in [2.24, 2.45) is 0 Å². The first kappa shape index (κ1) is 24.3. The Bertz CT molecular complexity index is 1180. The van der Waals surface area contributed by atoms with Gasteiger partial charge in [-0.15, -0.1) is 0 Å². The highest BCUT2D eigenvalue weighted by molar-refractivity contribution is 7.23. The summed E-state index contributed by atoms with van der Waals surface area (Å²) < 4.78 is 6.26. The van der Waals surface area contributed by atoms with E-state index in [0.29, 0.717) is 22.3 Å². The van der Waals surface area contributed by atoms with Gasteiger partial charge in [0.05, 0.1) is 33.4 Å². The van der Waals surface area contributed by atoms with E-state index >= 15 is 0 Å². The van der Waals surface area contributed by atoms with Crippen LogP contribution >= 0.6 is 22.9 Å². The number of nitro groups is 1. The molecule has 8 nitrogen and oxygen atoms in total. The van der Waals surface area contributed by atoms with Crippen molar-refractivity contribution in [3.63, 3.8) is 0 Å². The highest BCUT2D eigenvalue weighted by Gasteiger charge is 2.20. The molecule has 0 N–H and O–H groups in total. The Morgan fingerprint density at radius 1 is 1.32 bits per heavy atom. The van der Waals surface area contributed by atoms with Crippen LogP contribution in [0, 0.1) is 17.0 Å². The van der Waals surface area contributed by atoms with Crippen molar-refractivity contribution in [2.45, 2.75) is 13.3 Å². The van der Waals surface area contributed by atoms with Crippen molar-refractivity contribution < 1.29 is 14.5 Å². The number of aromatic nitrogens is 1. The Morgan fingerprint density at radius 2 is 2.12 bits per heavy atom. The molecule has 0 radical (unpaired) electrons. The van der Waals surface area contributed by atoms with Crippen LogP contribution < -0.4 is 4.90 Å². The molecule has 2 aromatic carbocycles. The molecular weight excluding hydrogens is 476 g/mol. The van der Waals surface area contributed by atoms with E-state index in [9.17, 15) is 14.9 Å². The molecule has 1 saturated heterocycles. The number of thiazole rings is 1. The number of rotatable bonds is 8. The minimum Gasteiger partial charge on any atom is -0.379 e. The molecule has 0 saturated carbocycles. The van der Waals surface area contributed by atoms with Crippen LogP contribution in [0.25, 0.3) is 16.3 Å². The standard InChI is InChI=1S/C24H25ClN4O4S/c1-17-6-8-20(25)23-22(17)26-24(34-23)28(11-3-10-27-12-14-33-15-13-27)21(30)9-7-18-4-2-5-19(16-18)29(31)32/h2,4-9,16H,3,10-15H2,1H3/b9-7+. The van der Waals surface area contributed by atoms with E-state index in [0.717, 1.165) is 55.0 Å². The van der Waals surface area contributed by atoms with Crippen molar-refractivity contribution in [3.05, 3.63) is 68.7 Å². The summed E-state index contributed by atoms with van der Waals surface area (Å²) in [6.45, 7) is 6.54. The van der Waals surface area contributed by atoms with E-state index in [2.05, 4.69) is 4.90 Å². The number of amides is 1. The number of morpholine rings is 1. The minimum absolute atomic E-state index is 0.0201. The first-order valence-electron chi connectivity index (χ1n) is 11.0. The summed E-state index contributed by atoms with van der Waals surface area (Å²) in [6.07, 6.45) is 3.81. The van der Waals surface area contributed by atoms with Gasteiger partial charge in [0.15, 0.2) is 5.13 Å². The van der Waals surface area contributed by atoms with E-state index in [1.54, 1.807) is 23.1 Å². The summed E-state index contributed by atoms with van der Waals surface area (Å²) in [7, 11) is 0. The fourth-order valence-corrected chi connectivity index (χ4v) is 5.13. The lowest BCUT2D eigenvalue weighted by Gasteiger charge is -2.27. The molecule has 10 heteroatoms. The van der Waals surface area contributed by atoms with Crippen molar-refractivity contribution >= 4 is 56.0 Å². The summed E-state index contributed by atoms with van der Waals surface area (Å²) in [5.41, 5.74) is 2.35. The van der Waals surface area contributed by atoms with Crippen LogP contribution in [-0.4, -0.2) is 60.1 Å². The number of halogens is 1. The zero-order chi connectivity index (χ0) is 24.1. The Hall–Kier alpha value is -2.85. The number of carbonyl (C=O) groups excluding carboxylic acids is 1. The van der Waals surface area contributed by atoms with Crippen LogP contribution in [-0.2, 0) is 9.53 Å². The van der Waals surface area contributed by atoms with Gasteiger partial charge in [-0.25, -0.2) is 4.98 Å². The number of hydrogen-bond donors (Lipinski definition) is 0. The second-order valence-corrected chi connectivity index (χ2v) is 9.41. The fourth-order valence-electron chi connectivity index (χ4n) is 3.78. The first-order chi connectivity index (χ1) is 16.4. The van der Waals surface area contributed by atoms with Gasteiger partial charge < -0.3 is 4.74 Å². The summed E-state index contributed by atoms with van der Waals surface area (Å²) in [4.78, 5) is 32.6. The number of nitro benzene ring substituents is 1. The molecule has 0 spiro atoms. The van der Waals surface area contributed by atoms with Gasteiger partial charge in [-0.05, 0) is 36.6 Å². The van der Waals surface area contributed by atoms with E-state index < -0.39 is 4.92 Å². The highest BCUT2D eigenvalue weighted by atomic mass is 35.5. The van der Waals surface area contributed by atoms with Crippen molar-refractivity contribution in [3.8, 4) is 0 Å². The molecule has 4 rings (SSSR count). The predicted octanol–water partition coefficient (Wildman–Crippen LogP) is 4.94. The molecule has 0 unspecified atom stereocenters. The van der Waals surface area contributed by atoms with E-state index in [4.69, 9.17) is 21.3 Å². The number of fused-ring (bicyclic) bond motifs is 1. The number of benzene rings is 2. The van der Waals surface area contributed by atoms with Crippen LogP contribution in [0.15, 0.2) is 42.5 Å². The average Bonchev–Trinajstić information content (AvgIpc) is 3.30. The Kier molecular flexibility index (Phi) is 7.89. The number of carbonyl (C=O) groups is 1. The SMILES string of the molecule is Cc1ccc(Cl)c2sc(N(CCCN3CCOCC3)C(=O)/C=C/c3cccc([N+](=O)[O-])c3)nc12. The molecule has 1 fully saturated rings. The second-order valence-electron chi connectivity index (χ2n) is 8.02. The third-order valence-electron chi connectivity index (χ3n) is 5.64. The lowest BCUT2D eigenvalue weighted by Crippen LogP contribution is -2.39. The van der Waals surface area contributed by atoms with Crippen molar-refractivity contribution in [1.29, 1.82) is 0 Å². The third-order valence-corrected chi connectivity index (χ3v) is 7.18. The molecule has 1 aliphatic rings. The molecule has 1 aliphatic heterocycles. The van der Waals surface area contributed by atoms with Crippen molar-refractivity contribution in [2.75, 3.05) is 44.3 Å². The second kappa shape index (κ2) is 11.1. The van der Waals surface area contributed by atoms with Crippen LogP contribution in [0.5, 0.6) is 0 Å². The minimum atomic E-state index is -0.454. The molecule has 2 heterocycles. The van der Waals surface area contributed by atoms with E-state index in [1.165, 1.54) is 29.5 Å². The maximum absolute atomic E-state index is 13.3. The van der Waals surface area contributed by atoms with Gasteiger partial charge >= 0.3 is 0 Å². The predicted molar refractivity (Wildman–Crippen MR) is 136 cm³/mol. The fraction of sp³-hybridized carbons (Fsp3) is 0.333. The lowest BCUT2D eigenvalue weighted by atomic mass is 10.2. The molecule has 0 bridgehead atoms. The molecule has 1 aromatic heterocycles. The molecule has 0 aliphatic carbocycles. The van der Waals surface area contributed by atoms with Crippen LogP contribution in [0.1, 0.15) is 17.5 Å². The van der Waals surface area contributed by atoms with Crippen LogP contribution in [0.3, 0.4) is 0 Å². The van der Waals surface area contributed by atoms with Gasteiger partial charge in [0.2, 0.25) is 0 Å². The van der Waals surface area contributed by atoms with Crippen molar-refractivity contribution in [1.82, 2.24) is 9.88 Å². The van der Waals surface area contributed by atoms with Crippen LogP contribution in [0.4, 0.5) is 10.8 Å². The zero-order valence-corrected chi connectivity index (χ0v) is 20.3. The van der Waals surface area contributed by atoms with E-state index in [1.807, 2.05) is 19.1 Å². The van der Waals surface area contributed by atoms with Gasteiger partial charge in [0.25, 0.3) is 11.6 Å². The molecule has 3 aromatic rings. The monoisotopic (exact) mass is 500 g/mol. The van der Waals surface area contributed by atoms with Gasteiger partial charge in [-0.3, -0.25) is 24.7 Å². The topological polar surface area (TPSA) is 88.8 Å². The quantitative estimate of drug-likeness (QED) is 0.247. The molecule has 34 heavy (non-hydrogen) atoms. The highest BCUT2D eigenvalue weighted by Crippen LogP contribution is 2.35. The maximum Gasteiger partial charge on any atom is 0.270 e. The lowest BCUT2D eigenvalue weighted by molar-refractivity contribution is -0.384. The first-order valence-corrected chi connectivity index (χ1v) is 12.2. The number of nitrogens with zero attached hydrogens (tertiary/aromatic N) is 4. The molecule has 0 atom stereocenters. The summed E-state index contributed by atoms with van der Waals surface area (Å²) in [5, 5.41) is 12.2. The third kappa shape index (κ3) is 5.79. The Morgan fingerprint density at radius 3 is 2.85 bits per heavy atom. The summed E-state index contributed by atoms with van der Waals surface area (Å²) in [5.74, 6) is -0.235. The zero-order valence-electron chi connectivity index (χ0n) is 18.8. The van der Waals surface area contributed by atoms with Gasteiger partial charge in [0.1, 0.15) is 0 Å². The number of aryl methyl sites for hydroxylation is 1. The normalized spacial score (nSPS) is 14.6. The maximum atomic E-state index is 13.3. The number of hydrogen-bond acceptors (Lipinski definition) is 7. The molecular formula is C24H25ClN4O4S. The Labute approximate surface area is 206 Å². The number of anilines is 1. The number of non-ortho nitro benzene ring substituents is 1. The smallest absolute Gasteiger partial charge is 0.270 e. The summed E-state index contributed by atoms with van der Waals surface area (Å²) >= 11 is 7.79.